The topological polar surface area (TPSA) is 69.2 Å². The van der Waals surface area contributed by atoms with Crippen LogP contribution in [0.25, 0.3) is 0 Å². The van der Waals surface area contributed by atoms with E-state index >= 15 is 0 Å². The number of halogens is 2. The van der Waals surface area contributed by atoms with Crippen LogP contribution in [0.3, 0.4) is 0 Å². The van der Waals surface area contributed by atoms with Crippen LogP contribution in [-0.2, 0) is 4.79 Å². The van der Waals surface area contributed by atoms with Crippen LogP contribution in [-0.4, -0.2) is 32.4 Å². The van der Waals surface area contributed by atoms with E-state index in [9.17, 15) is 4.79 Å². The minimum atomic E-state index is -0.381. The zero-order valence-corrected chi connectivity index (χ0v) is 16.6. The molecule has 1 amide bonds. The molecule has 0 aliphatic rings. The van der Waals surface area contributed by atoms with Gasteiger partial charge in [0.2, 0.25) is 0 Å². The fourth-order valence-corrected chi connectivity index (χ4v) is 2.69. The second kappa shape index (κ2) is 10.0. The highest BCUT2D eigenvalue weighted by atomic mass is 79.9. The highest BCUT2D eigenvalue weighted by Gasteiger charge is 2.10. The molecule has 8 heteroatoms. The lowest BCUT2D eigenvalue weighted by Gasteiger charge is -2.12. The van der Waals surface area contributed by atoms with E-state index in [1.807, 2.05) is 13.0 Å². The van der Waals surface area contributed by atoms with Gasteiger partial charge in [0.1, 0.15) is 5.75 Å². The summed E-state index contributed by atoms with van der Waals surface area (Å²) in [5, 5.41) is 4.52. The summed E-state index contributed by atoms with van der Waals surface area (Å²) in [6, 6.07) is 10.3. The number of hydrazone groups is 1. The van der Waals surface area contributed by atoms with Crippen LogP contribution in [0.2, 0.25) is 5.02 Å². The lowest BCUT2D eigenvalue weighted by atomic mass is 10.2. The Kier molecular flexibility index (Phi) is 7.74. The first-order chi connectivity index (χ1) is 12.5. The average Bonchev–Trinajstić information content (AvgIpc) is 2.63. The van der Waals surface area contributed by atoms with Gasteiger partial charge in [0.05, 0.1) is 24.4 Å². The summed E-state index contributed by atoms with van der Waals surface area (Å²) in [4.78, 5) is 11.8. The molecule has 6 nitrogen and oxygen atoms in total. The molecular formula is C18H18BrClN2O4. The Labute approximate surface area is 165 Å². The van der Waals surface area contributed by atoms with E-state index in [4.69, 9.17) is 25.8 Å². The van der Waals surface area contributed by atoms with Crippen LogP contribution in [0.15, 0.2) is 46.0 Å². The molecule has 26 heavy (non-hydrogen) atoms. The molecule has 2 aromatic rings. The van der Waals surface area contributed by atoms with Gasteiger partial charge < -0.3 is 14.2 Å². The zero-order chi connectivity index (χ0) is 18.9. The number of carbonyl (C=O) groups is 1. The van der Waals surface area contributed by atoms with E-state index < -0.39 is 0 Å². The molecule has 0 saturated carbocycles. The van der Waals surface area contributed by atoms with Crippen molar-refractivity contribution in [3.63, 3.8) is 0 Å². The SMILES string of the molecule is CCOc1c(Br)cc(/C=N\NC(=O)COc2ccc(Cl)cc2)cc1OC. The summed E-state index contributed by atoms with van der Waals surface area (Å²) in [5.74, 6) is 1.36. The van der Waals surface area contributed by atoms with Crippen LogP contribution in [0.5, 0.6) is 17.2 Å². The smallest absolute Gasteiger partial charge is 0.277 e. The van der Waals surface area contributed by atoms with Gasteiger partial charge in [-0.3, -0.25) is 4.79 Å². The fraction of sp³-hybridized carbons (Fsp3) is 0.222. The summed E-state index contributed by atoms with van der Waals surface area (Å²) in [7, 11) is 1.56. The standard InChI is InChI=1S/C18H18BrClN2O4/c1-3-25-18-15(19)8-12(9-16(18)24-2)10-21-22-17(23)11-26-14-6-4-13(20)5-7-14/h4-10H,3,11H2,1-2H3,(H,22,23)/b21-10-. The Morgan fingerprint density at radius 2 is 2.00 bits per heavy atom. The quantitative estimate of drug-likeness (QED) is 0.496. The molecule has 0 fully saturated rings. The Morgan fingerprint density at radius 1 is 1.27 bits per heavy atom. The summed E-state index contributed by atoms with van der Waals surface area (Å²) < 4.78 is 16.9. The van der Waals surface area contributed by atoms with E-state index in [0.717, 1.165) is 10.0 Å². The summed E-state index contributed by atoms with van der Waals surface area (Å²) in [6.45, 7) is 2.25. The minimum absolute atomic E-state index is 0.157. The first kappa shape index (κ1) is 20.1. The lowest BCUT2D eigenvalue weighted by molar-refractivity contribution is -0.123. The van der Waals surface area contributed by atoms with Crippen molar-refractivity contribution >= 4 is 39.7 Å². The Morgan fingerprint density at radius 3 is 2.65 bits per heavy atom. The number of amides is 1. The largest absolute Gasteiger partial charge is 0.493 e. The van der Waals surface area contributed by atoms with E-state index in [1.165, 1.54) is 6.21 Å². The predicted octanol–water partition coefficient (Wildman–Crippen LogP) is 4.04. The molecule has 0 aliphatic carbocycles. The first-order valence-electron chi connectivity index (χ1n) is 7.74. The Balaban J connectivity index is 1.91. The van der Waals surface area contributed by atoms with Crippen LogP contribution in [0, 0.1) is 0 Å². The van der Waals surface area contributed by atoms with Gasteiger partial charge in [-0.15, -0.1) is 0 Å². The lowest BCUT2D eigenvalue weighted by Crippen LogP contribution is -2.24. The first-order valence-corrected chi connectivity index (χ1v) is 8.91. The van der Waals surface area contributed by atoms with Crippen molar-refractivity contribution in [3.05, 3.63) is 51.5 Å². The minimum Gasteiger partial charge on any atom is -0.493 e. The monoisotopic (exact) mass is 440 g/mol. The number of rotatable bonds is 8. The van der Waals surface area contributed by atoms with Crippen LogP contribution in [0.4, 0.5) is 0 Å². The van der Waals surface area contributed by atoms with Crippen molar-refractivity contribution in [3.8, 4) is 17.2 Å². The number of nitrogens with one attached hydrogen (secondary N) is 1. The normalized spacial score (nSPS) is 10.6. The number of hydrogen-bond acceptors (Lipinski definition) is 5. The van der Waals surface area contributed by atoms with Crippen molar-refractivity contribution < 1.29 is 19.0 Å². The van der Waals surface area contributed by atoms with E-state index in [-0.39, 0.29) is 12.5 Å². The van der Waals surface area contributed by atoms with Crippen molar-refractivity contribution in [1.29, 1.82) is 0 Å². The number of ether oxygens (including phenoxy) is 3. The molecule has 0 heterocycles. The maximum atomic E-state index is 11.8. The van der Waals surface area contributed by atoms with Gasteiger partial charge in [-0.1, -0.05) is 11.6 Å². The van der Waals surface area contributed by atoms with E-state index in [0.29, 0.717) is 28.9 Å². The Hall–Kier alpha value is -2.25. The van der Waals surface area contributed by atoms with Crippen molar-refractivity contribution in [2.24, 2.45) is 5.10 Å². The van der Waals surface area contributed by atoms with Crippen LogP contribution >= 0.6 is 27.5 Å². The van der Waals surface area contributed by atoms with Gasteiger partial charge in [0, 0.05) is 5.02 Å². The van der Waals surface area contributed by atoms with Gasteiger partial charge >= 0.3 is 0 Å². The van der Waals surface area contributed by atoms with E-state index in [1.54, 1.807) is 37.4 Å². The number of carbonyl (C=O) groups excluding carboxylic acids is 1. The molecule has 1 N–H and O–H groups in total. The third-order valence-corrected chi connectivity index (χ3v) is 3.97. The number of benzene rings is 2. The summed E-state index contributed by atoms with van der Waals surface area (Å²) in [6.07, 6.45) is 1.50. The second-order valence-corrected chi connectivity index (χ2v) is 6.29. The molecule has 0 aliphatic heterocycles. The average molecular weight is 442 g/mol. The summed E-state index contributed by atoms with van der Waals surface area (Å²) in [5.41, 5.74) is 3.13. The van der Waals surface area contributed by atoms with Gasteiger partial charge in [0.15, 0.2) is 18.1 Å². The molecule has 0 unspecified atom stereocenters. The van der Waals surface area contributed by atoms with Gasteiger partial charge in [-0.25, -0.2) is 5.43 Å². The third kappa shape index (κ3) is 5.93. The second-order valence-electron chi connectivity index (χ2n) is 5.00. The molecule has 0 bridgehead atoms. The fourth-order valence-electron chi connectivity index (χ4n) is 1.99. The molecule has 138 valence electrons. The van der Waals surface area contributed by atoms with Crippen molar-refractivity contribution in [2.75, 3.05) is 20.3 Å². The highest BCUT2D eigenvalue weighted by Crippen LogP contribution is 2.36. The number of nitrogens with zero attached hydrogens (tertiary/aromatic N) is 1. The van der Waals surface area contributed by atoms with E-state index in [2.05, 4.69) is 26.5 Å². The molecule has 0 radical (unpaired) electrons. The molecule has 0 spiro atoms. The molecule has 0 aromatic heterocycles. The third-order valence-electron chi connectivity index (χ3n) is 3.13. The summed E-state index contributed by atoms with van der Waals surface area (Å²) >= 11 is 9.22. The molecule has 2 aromatic carbocycles. The Bertz CT molecular complexity index is 782. The maximum Gasteiger partial charge on any atom is 0.277 e. The van der Waals surface area contributed by atoms with Crippen LogP contribution < -0.4 is 19.6 Å². The molecule has 0 atom stereocenters. The van der Waals surface area contributed by atoms with Crippen LogP contribution in [0.1, 0.15) is 12.5 Å². The molecule has 2 rings (SSSR count). The molecular weight excluding hydrogens is 424 g/mol. The number of hydrogen-bond donors (Lipinski definition) is 1. The predicted molar refractivity (Wildman–Crippen MR) is 105 cm³/mol. The van der Waals surface area contributed by atoms with Gasteiger partial charge in [-0.05, 0) is 64.8 Å². The molecule has 0 saturated heterocycles. The van der Waals surface area contributed by atoms with Crippen molar-refractivity contribution in [1.82, 2.24) is 5.43 Å². The number of methoxy groups -OCH3 is 1. The zero-order valence-electron chi connectivity index (χ0n) is 14.3. The highest BCUT2D eigenvalue weighted by molar-refractivity contribution is 9.10. The van der Waals surface area contributed by atoms with Gasteiger partial charge in [0.25, 0.3) is 5.91 Å². The van der Waals surface area contributed by atoms with Gasteiger partial charge in [-0.2, -0.15) is 5.10 Å². The van der Waals surface area contributed by atoms with Crippen molar-refractivity contribution in [2.45, 2.75) is 6.92 Å². The maximum absolute atomic E-state index is 11.8.